The number of hydrogen-bond donors (Lipinski definition) is 2. The van der Waals surface area contributed by atoms with E-state index >= 15 is 0 Å². The van der Waals surface area contributed by atoms with E-state index in [1.54, 1.807) is 6.20 Å². The largest absolute Gasteiger partial charge is 0.356 e. The fourth-order valence-corrected chi connectivity index (χ4v) is 2.40. The zero-order valence-corrected chi connectivity index (χ0v) is 16.7. The second-order valence-electron chi connectivity index (χ2n) is 5.68. The van der Waals surface area contributed by atoms with Gasteiger partial charge in [0.1, 0.15) is 0 Å². The molecule has 24 heavy (non-hydrogen) atoms. The van der Waals surface area contributed by atoms with E-state index in [1.807, 2.05) is 19.3 Å². The van der Waals surface area contributed by atoms with Gasteiger partial charge < -0.3 is 10.6 Å². The molecule has 0 aliphatic rings. The van der Waals surface area contributed by atoms with Gasteiger partial charge in [-0.25, -0.2) is 0 Å². The first-order valence-corrected chi connectivity index (χ1v) is 8.18. The first kappa shape index (κ1) is 20.4. The first-order valence-electron chi connectivity index (χ1n) is 8.18. The molecule has 5 heteroatoms. The highest BCUT2D eigenvalue weighted by atomic mass is 127. The monoisotopic (exact) mass is 438 g/mol. The molecule has 0 bridgehead atoms. The summed E-state index contributed by atoms with van der Waals surface area (Å²) >= 11 is 0. The van der Waals surface area contributed by atoms with E-state index in [9.17, 15) is 0 Å². The Morgan fingerprint density at radius 2 is 1.83 bits per heavy atom. The number of pyridine rings is 1. The zero-order valence-electron chi connectivity index (χ0n) is 14.4. The first-order chi connectivity index (χ1) is 11.3. The molecule has 1 aromatic carbocycles. The number of halogens is 1. The lowest BCUT2D eigenvalue weighted by Crippen LogP contribution is -2.43. The number of nitrogens with one attached hydrogen (secondary N) is 2. The molecule has 2 aromatic rings. The Hall–Kier alpha value is -1.63. The summed E-state index contributed by atoms with van der Waals surface area (Å²) < 4.78 is 0. The summed E-state index contributed by atoms with van der Waals surface area (Å²) in [4.78, 5) is 8.42. The maximum Gasteiger partial charge on any atom is 0.191 e. The minimum Gasteiger partial charge on any atom is -0.356 e. The van der Waals surface area contributed by atoms with Crippen LogP contribution in [0.15, 0.2) is 59.9 Å². The third-order valence-electron chi connectivity index (χ3n) is 3.74. The van der Waals surface area contributed by atoms with Crippen LogP contribution in [0.5, 0.6) is 0 Å². The lowest BCUT2D eigenvalue weighted by atomic mass is 10.1. The van der Waals surface area contributed by atoms with E-state index < -0.39 is 0 Å². The molecule has 0 radical (unpaired) electrons. The van der Waals surface area contributed by atoms with Crippen molar-refractivity contribution in [2.45, 2.75) is 32.2 Å². The van der Waals surface area contributed by atoms with E-state index in [4.69, 9.17) is 0 Å². The standard InChI is InChI=1S/C19H26N4.HI/c1-16(10-11-17-7-4-3-5-8-17)23-19(20-2)22-14-12-18-9-6-13-21-15-18;/h3-9,13,15-16H,10-12,14H2,1-2H3,(H2,20,22,23);1H. The Morgan fingerprint density at radius 1 is 1.08 bits per heavy atom. The van der Waals surface area contributed by atoms with Gasteiger partial charge in [0.15, 0.2) is 5.96 Å². The van der Waals surface area contributed by atoms with Gasteiger partial charge in [-0.15, -0.1) is 24.0 Å². The van der Waals surface area contributed by atoms with Crippen molar-refractivity contribution in [3.05, 3.63) is 66.0 Å². The lowest BCUT2D eigenvalue weighted by Gasteiger charge is -2.18. The van der Waals surface area contributed by atoms with Crippen LogP contribution in [0.4, 0.5) is 0 Å². The van der Waals surface area contributed by atoms with E-state index in [-0.39, 0.29) is 24.0 Å². The molecule has 2 N–H and O–H groups in total. The molecular weight excluding hydrogens is 411 g/mol. The number of guanidine groups is 1. The zero-order chi connectivity index (χ0) is 16.3. The molecule has 0 amide bonds. The molecule has 0 aliphatic heterocycles. The summed E-state index contributed by atoms with van der Waals surface area (Å²) in [6.07, 6.45) is 6.79. The normalized spacial score (nSPS) is 12.2. The van der Waals surface area contributed by atoms with E-state index in [2.05, 4.69) is 63.9 Å². The van der Waals surface area contributed by atoms with Crippen molar-refractivity contribution in [2.75, 3.05) is 13.6 Å². The number of rotatable bonds is 7. The van der Waals surface area contributed by atoms with E-state index in [0.717, 1.165) is 31.8 Å². The van der Waals surface area contributed by atoms with Crippen LogP contribution < -0.4 is 10.6 Å². The summed E-state index contributed by atoms with van der Waals surface area (Å²) in [6, 6.07) is 15.0. The van der Waals surface area contributed by atoms with Crippen LogP contribution >= 0.6 is 24.0 Å². The van der Waals surface area contributed by atoms with Gasteiger partial charge in [0.05, 0.1) is 0 Å². The van der Waals surface area contributed by atoms with Gasteiger partial charge in [0.2, 0.25) is 0 Å². The third-order valence-corrected chi connectivity index (χ3v) is 3.74. The summed E-state index contributed by atoms with van der Waals surface area (Å²) in [5.74, 6) is 0.856. The summed E-state index contributed by atoms with van der Waals surface area (Å²) in [6.45, 7) is 3.04. The summed E-state index contributed by atoms with van der Waals surface area (Å²) in [5, 5.41) is 6.80. The van der Waals surface area contributed by atoms with Crippen molar-refractivity contribution < 1.29 is 0 Å². The fourth-order valence-electron chi connectivity index (χ4n) is 2.40. The molecular formula is C19H27IN4. The van der Waals surface area contributed by atoms with Crippen LogP contribution in [0, 0.1) is 0 Å². The van der Waals surface area contributed by atoms with Gasteiger partial charge in [-0.2, -0.15) is 0 Å². The van der Waals surface area contributed by atoms with E-state index in [1.165, 1.54) is 11.1 Å². The Bertz CT molecular complexity index is 587. The molecule has 0 saturated heterocycles. The van der Waals surface area contributed by atoms with Crippen LogP contribution in [0.25, 0.3) is 0 Å². The van der Waals surface area contributed by atoms with Gasteiger partial charge >= 0.3 is 0 Å². The average molecular weight is 438 g/mol. The molecule has 1 atom stereocenters. The van der Waals surface area contributed by atoms with Gasteiger partial charge in [-0.1, -0.05) is 36.4 Å². The smallest absolute Gasteiger partial charge is 0.191 e. The van der Waals surface area contributed by atoms with Crippen molar-refractivity contribution in [3.8, 4) is 0 Å². The Labute approximate surface area is 162 Å². The van der Waals surface area contributed by atoms with Gasteiger partial charge in [-0.3, -0.25) is 9.98 Å². The topological polar surface area (TPSA) is 49.3 Å². The Kier molecular flexibility index (Phi) is 10.1. The highest BCUT2D eigenvalue weighted by Gasteiger charge is 2.05. The molecule has 130 valence electrons. The Balaban J connectivity index is 0.00000288. The number of aliphatic imine (C=N–C) groups is 1. The quantitative estimate of drug-likeness (QED) is 0.396. The van der Waals surface area contributed by atoms with Crippen molar-refractivity contribution in [1.82, 2.24) is 15.6 Å². The maximum atomic E-state index is 4.29. The number of benzene rings is 1. The predicted octanol–water partition coefficient (Wildman–Crippen LogP) is 3.43. The Morgan fingerprint density at radius 3 is 2.50 bits per heavy atom. The molecule has 1 unspecified atom stereocenters. The number of hydrogen-bond acceptors (Lipinski definition) is 2. The fraction of sp³-hybridized carbons (Fsp3) is 0.368. The third kappa shape index (κ3) is 7.77. The van der Waals surface area contributed by atoms with Crippen molar-refractivity contribution in [2.24, 2.45) is 4.99 Å². The van der Waals surface area contributed by atoms with E-state index in [0.29, 0.717) is 6.04 Å². The van der Waals surface area contributed by atoms with Gasteiger partial charge in [0.25, 0.3) is 0 Å². The molecule has 0 aliphatic carbocycles. The highest BCUT2D eigenvalue weighted by Crippen LogP contribution is 2.04. The minimum atomic E-state index is 0. The summed E-state index contributed by atoms with van der Waals surface area (Å²) in [7, 11) is 1.81. The molecule has 0 saturated carbocycles. The molecule has 0 spiro atoms. The average Bonchev–Trinajstić information content (AvgIpc) is 2.61. The molecule has 2 rings (SSSR count). The van der Waals surface area contributed by atoms with Crippen molar-refractivity contribution in [3.63, 3.8) is 0 Å². The molecule has 4 nitrogen and oxygen atoms in total. The number of nitrogens with zero attached hydrogens (tertiary/aromatic N) is 2. The van der Waals surface area contributed by atoms with Crippen LogP contribution in [-0.2, 0) is 12.8 Å². The van der Waals surface area contributed by atoms with Gasteiger partial charge in [0, 0.05) is 32.0 Å². The second kappa shape index (κ2) is 11.8. The van der Waals surface area contributed by atoms with Crippen LogP contribution in [0.1, 0.15) is 24.5 Å². The highest BCUT2D eigenvalue weighted by molar-refractivity contribution is 14.0. The number of aromatic nitrogens is 1. The lowest BCUT2D eigenvalue weighted by molar-refractivity contribution is 0.593. The van der Waals surface area contributed by atoms with Crippen LogP contribution in [0.2, 0.25) is 0 Å². The van der Waals surface area contributed by atoms with Gasteiger partial charge in [-0.05, 0) is 43.4 Å². The molecule has 1 aromatic heterocycles. The molecule has 1 heterocycles. The number of aryl methyl sites for hydroxylation is 1. The van der Waals surface area contributed by atoms with Crippen LogP contribution in [-0.4, -0.2) is 30.6 Å². The maximum absolute atomic E-state index is 4.29. The minimum absolute atomic E-state index is 0. The summed E-state index contributed by atoms with van der Waals surface area (Å²) in [5.41, 5.74) is 2.60. The van der Waals surface area contributed by atoms with Crippen molar-refractivity contribution >= 4 is 29.9 Å². The second-order valence-corrected chi connectivity index (χ2v) is 5.68. The van der Waals surface area contributed by atoms with Crippen LogP contribution in [0.3, 0.4) is 0 Å². The van der Waals surface area contributed by atoms with Crippen molar-refractivity contribution in [1.29, 1.82) is 0 Å². The predicted molar refractivity (Wildman–Crippen MR) is 112 cm³/mol. The SMILES string of the molecule is CN=C(NCCc1cccnc1)NC(C)CCc1ccccc1.I. The molecule has 0 fully saturated rings.